The van der Waals surface area contributed by atoms with Gasteiger partial charge in [0.05, 0.1) is 19.3 Å². The number of nitrogens with zero attached hydrogens (tertiary/aromatic N) is 6. The number of thioether (sulfide) groups is 2. The first kappa shape index (κ1) is 48.6. The van der Waals surface area contributed by atoms with Crippen LogP contribution >= 0.6 is 35.1 Å². The van der Waals surface area contributed by atoms with Crippen LogP contribution in [0.4, 0.5) is 0 Å². The van der Waals surface area contributed by atoms with Crippen molar-refractivity contribution in [3.05, 3.63) is 178 Å². The SMILES string of the molecule is CCCCSc1nnc(CCC(=O)NCc2ccccc2OC)n1Cc1ccccc1.Cc1ccccc1CSc1nnc(CCC(=O)NCCc2ccccc2)n1-c1cccc(Cl)c1. The number of aromatic nitrogens is 6. The van der Waals surface area contributed by atoms with Gasteiger partial charge in [0.1, 0.15) is 17.4 Å². The quantitative estimate of drug-likeness (QED) is 0.0504. The second kappa shape index (κ2) is 26.2. The normalized spacial score (nSPS) is 10.8. The maximum atomic E-state index is 12.5. The Morgan fingerprint density at radius 1 is 0.677 bits per heavy atom. The van der Waals surface area contributed by atoms with E-state index in [1.807, 2.05) is 102 Å². The van der Waals surface area contributed by atoms with E-state index in [1.54, 1.807) is 30.6 Å². The lowest BCUT2D eigenvalue weighted by molar-refractivity contribution is -0.122. The maximum Gasteiger partial charge on any atom is 0.220 e. The van der Waals surface area contributed by atoms with Crippen LogP contribution in [0, 0.1) is 6.92 Å². The molecule has 5 aromatic carbocycles. The second-order valence-electron chi connectivity index (χ2n) is 15.3. The number of aryl methyl sites for hydroxylation is 3. The summed E-state index contributed by atoms with van der Waals surface area (Å²) >= 11 is 9.63. The van der Waals surface area contributed by atoms with Crippen molar-refractivity contribution < 1.29 is 14.3 Å². The Morgan fingerprint density at radius 2 is 1.32 bits per heavy atom. The molecule has 0 aliphatic rings. The molecule has 2 N–H and O–H groups in total. The van der Waals surface area contributed by atoms with Crippen LogP contribution in [-0.2, 0) is 47.7 Å². The van der Waals surface area contributed by atoms with Crippen molar-refractivity contribution >= 4 is 46.9 Å². The Balaban J connectivity index is 0.000000216. The van der Waals surface area contributed by atoms with Gasteiger partial charge >= 0.3 is 0 Å². The third-order valence-electron chi connectivity index (χ3n) is 10.5. The topological polar surface area (TPSA) is 129 Å². The van der Waals surface area contributed by atoms with Crippen LogP contribution in [-0.4, -0.2) is 60.8 Å². The molecular weight excluding hydrogens is 872 g/mol. The van der Waals surface area contributed by atoms with E-state index < -0.39 is 0 Å². The molecule has 2 aromatic heterocycles. The number of hydrogen-bond acceptors (Lipinski definition) is 9. The lowest BCUT2D eigenvalue weighted by Gasteiger charge is -2.11. The summed E-state index contributed by atoms with van der Waals surface area (Å²) in [6.45, 7) is 6.06. The van der Waals surface area contributed by atoms with Gasteiger partial charge in [-0.05, 0) is 66.3 Å². The lowest BCUT2D eigenvalue weighted by Crippen LogP contribution is -2.26. The highest BCUT2D eigenvalue weighted by Crippen LogP contribution is 2.28. The van der Waals surface area contributed by atoms with Gasteiger partial charge < -0.3 is 19.9 Å². The standard InChI is InChI=1S/C27H27ClN4OS.C24H30N4O2S/c1-20-8-5-6-11-22(20)19-34-27-31-30-25(32(27)24-13-7-12-23(28)18-24)14-15-26(33)29-17-16-21-9-3-2-4-10-21;1-3-4-16-31-24-27-26-22(28(24)18-19-10-6-5-7-11-19)14-15-23(29)25-17-20-12-8-9-13-21(20)30-2/h2-13,18H,14-17,19H2,1H3,(H,29,33);5-13H,3-4,14-18H2,1-2H3,(H,25,29). The molecule has 0 aliphatic heterocycles. The third kappa shape index (κ3) is 15.4. The van der Waals surface area contributed by atoms with Gasteiger partial charge in [0, 0.05) is 60.9 Å². The molecule has 0 unspecified atom stereocenters. The Hall–Kier alpha value is -5.89. The highest BCUT2D eigenvalue weighted by molar-refractivity contribution is 7.99. The fourth-order valence-corrected chi connectivity index (χ4v) is 9.12. The number of benzene rings is 5. The summed E-state index contributed by atoms with van der Waals surface area (Å²) in [6, 6.07) is 44.1. The minimum Gasteiger partial charge on any atom is -0.496 e. The molecule has 11 nitrogen and oxygen atoms in total. The van der Waals surface area contributed by atoms with Gasteiger partial charge in [0.2, 0.25) is 11.8 Å². The Kier molecular flexibility index (Phi) is 19.5. The number of rotatable bonds is 22. The van der Waals surface area contributed by atoms with Crippen LogP contribution in [0.2, 0.25) is 5.02 Å². The van der Waals surface area contributed by atoms with Gasteiger partial charge in [-0.15, -0.1) is 20.4 Å². The first-order valence-corrected chi connectivity index (χ1v) is 24.3. The molecule has 7 aromatic rings. The first-order valence-electron chi connectivity index (χ1n) is 22.0. The summed E-state index contributed by atoms with van der Waals surface area (Å²) in [5, 5.41) is 26.0. The van der Waals surface area contributed by atoms with Crippen LogP contribution in [0.15, 0.2) is 144 Å². The van der Waals surface area contributed by atoms with Gasteiger partial charge in [-0.25, -0.2) is 0 Å². The number of carbonyl (C=O) groups is 2. The zero-order chi connectivity index (χ0) is 45.6. The zero-order valence-corrected chi connectivity index (χ0v) is 39.7. The van der Waals surface area contributed by atoms with E-state index in [0.29, 0.717) is 50.3 Å². The van der Waals surface area contributed by atoms with E-state index in [4.69, 9.17) is 16.3 Å². The molecule has 338 valence electrons. The number of hydrogen-bond donors (Lipinski definition) is 2. The first-order chi connectivity index (χ1) is 31.8. The van der Waals surface area contributed by atoms with Crippen molar-refractivity contribution in [1.82, 2.24) is 40.2 Å². The number of methoxy groups -OCH3 is 1. The van der Waals surface area contributed by atoms with Crippen molar-refractivity contribution in [3.63, 3.8) is 0 Å². The summed E-state index contributed by atoms with van der Waals surface area (Å²) in [7, 11) is 1.64. The van der Waals surface area contributed by atoms with Crippen molar-refractivity contribution in [2.75, 3.05) is 19.4 Å². The van der Waals surface area contributed by atoms with E-state index >= 15 is 0 Å². The predicted octanol–water partition coefficient (Wildman–Crippen LogP) is 10.3. The second-order valence-corrected chi connectivity index (χ2v) is 17.7. The van der Waals surface area contributed by atoms with Crippen LogP contribution < -0.4 is 15.4 Å². The molecule has 2 heterocycles. The highest BCUT2D eigenvalue weighted by atomic mass is 35.5. The molecule has 7 rings (SSSR count). The highest BCUT2D eigenvalue weighted by Gasteiger charge is 2.18. The van der Waals surface area contributed by atoms with Crippen LogP contribution in [0.25, 0.3) is 5.69 Å². The summed E-state index contributed by atoms with van der Waals surface area (Å²) in [5.41, 5.74) is 6.76. The Labute approximate surface area is 396 Å². The van der Waals surface area contributed by atoms with Crippen molar-refractivity contribution in [2.24, 2.45) is 0 Å². The molecule has 0 atom stereocenters. The monoisotopic (exact) mass is 928 g/mol. The van der Waals surface area contributed by atoms with Crippen molar-refractivity contribution in [3.8, 4) is 11.4 Å². The molecular formula is C51H57ClN8O3S2. The minimum absolute atomic E-state index is 0.00527. The maximum absolute atomic E-state index is 12.5. The van der Waals surface area contributed by atoms with Crippen molar-refractivity contribution in [1.29, 1.82) is 0 Å². The molecule has 14 heteroatoms. The molecule has 65 heavy (non-hydrogen) atoms. The number of nitrogens with one attached hydrogen (secondary N) is 2. The molecule has 0 spiro atoms. The zero-order valence-electron chi connectivity index (χ0n) is 37.3. The van der Waals surface area contributed by atoms with E-state index in [2.05, 4.69) is 85.8 Å². The molecule has 0 radical (unpaired) electrons. The van der Waals surface area contributed by atoms with Crippen molar-refractivity contribution in [2.45, 2.75) is 87.9 Å². The number of amides is 2. The molecule has 2 amide bonds. The van der Waals surface area contributed by atoms with Crippen LogP contribution in [0.5, 0.6) is 5.75 Å². The predicted molar refractivity (Wildman–Crippen MR) is 263 cm³/mol. The average Bonchev–Trinajstić information content (AvgIpc) is 3.93. The van der Waals surface area contributed by atoms with Crippen LogP contribution in [0.3, 0.4) is 0 Å². The number of carbonyl (C=O) groups excluding carboxylic acids is 2. The summed E-state index contributed by atoms with van der Waals surface area (Å²) < 4.78 is 9.50. The lowest BCUT2D eigenvalue weighted by atomic mass is 10.1. The smallest absolute Gasteiger partial charge is 0.220 e. The fourth-order valence-electron chi connectivity index (χ4n) is 6.85. The van der Waals surface area contributed by atoms with Gasteiger partial charge in [-0.2, -0.15) is 0 Å². The van der Waals surface area contributed by atoms with Gasteiger partial charge in [0.25, 0.3) is 0 Å². The molecule has 0 aliphatic carbocycles. The third-order valence-corrected chi connectivity index (χ3v) is 12.8. The van der Waals surface area contributed by atoms with Gasteiger partial charge in [-0.1, -0.05) is 158 Å². The number of unbranched alkanes of at least 4 members (excludes halogenated alkanes) is 1. The molecule has 0 saturated heterocycles. The molecule has 0 fully saturated rings. The number of para-hydroxylation sites is 1. The Morgan fingerprint density at radius 3 is 2.05 bits per heavy atom. The molecule has 0 saturated carbocycles. The van der Waals surface area contributed by atoms with E-state index in [0.717, 1.165) is 69.7 Å². The average molecular weight is 930 g/mol. The van der Waals surface area contributed by atoms with E-state index in [-0.39, 0.29) is 11.8 Å². The largest absolute Gasteiger partial charge is 0.496 e. The minimum atomic E-state index is -0.0136. The van der Waals surface area contributed by atoms with Gasteiger partial charge in [-0.3, -0.25) is 14.2 Å². The summed E-state index contributed by atoms with van der Waals surface area (Å²) in [5.74, 6) is 4.15. The number of halogens is 1. The molecule has 0 bridgehead atoms. The van der Waals surface area contributed by atoms with Crippen LogP contribution in [0.1, 0.15) is 72.1 Å². The summed E-state index contributed by atoms with van der Waals surface area (Å²) in [4.78, 5) is 24.9. The van der Waals surface area contributed by atoms with E-state index in [1.165, 1.54) is 22.3 Å². The fraction of sp³-hybridized carbons (Fsp3) is 0.294. The van der Waals surface area contributed by atoms with E-state index in [9.17, 15) is 9.59 Å². The summed E-state index contributed by atoms with van der Waals surface area (Å²) in [6.07, 6.45) is 4.85. The Bertz CT molecular complexity index is 2550. The van der Waals surface area contributed by atoms with Gasteiger partial charge in [0.15, 0.2) is 10.3 Å². The number of ether oxygens (including phenoxy) is 1.